The quantitative estimate of drug-likeness (QED) is 0.293. The van der Waals surface area contributed by atoms with Gasteiger partial charge in [-0.15, -0.1) is 0 Å². The normalized spacial score (nSPS) is 12.3. The molecule has 0 fully saturated rings. The van der Waals surface area contributed by atoms with Crippen molar-refractivity contribution in [1.29, 1.82) is 0 Å². The molecule has 0 spiro atoms. The second-order valence-electron chi connectivity index (χ2n) is 8.42. The van der Waals surface area contributed by atoms with Gasteiger partial charge in [-0.05, 0) is 30.7 Å². The number of pyridine rings is 1. The van der Waals surface area contributed by atoms with Gasteiger partial charge in [-0.1, -0.05) is 36.4 Å². The van der Waals surface area contributed by atoms with Crippen molar-refractivity contribution >= 4 is 21.3 Å². The molecule has 11 nitrogen and oxygen atoms in total. The average Bonchev–Trinajstić information content (AvgIpc) is 3.36. The molecule has 0 bridgehead atoms. The zero-order valence-corrected chi connectivity index (χ0v) is 22.3. The molecule has 12 heteroatoms. The summed E-state index contributed by atoms with van der Waals surface area (Å²) in [5.74, 6) is 1.66. The largest absolute Gasteiger partial charge is 0.496 e. The van der Waals surface area contributed by atoms with Crippen LogP contribution in [0.4, 0.5) is 0 Å². The Balaban J connectivity index is 1.70. The summed E-state index contributed by atoms with van der Waals surface area (Å²) in [6.07, 6.45) is 3.12. The van der Waals surface area contributed by atoms with E-state index in [2.05, 4.69) is 15.0 Å². The molecule has 0 saturated heterocycles. The van der Waals surface area contributed by atoms with Crippen molar-refractivity contribution < 1.29 is 22.6 Å². The maximum atomic E-state index is 13.1. The predicted molar refractivity (Wildman–Crippen MR) is 146 cm³/mol. The van der Waals surface area contributed by atoms with E-state index < -0.39 is 15.3 Å². The lowest BCUT2D eigenvalue weighted by atomic mass is 9.96. The van der Waals surface area contributed by atoms with Gasteiger partial charge in [-0.2, -0.15) is 4.98 Å². The van der Waals surface area contributed by atoms with Gasteiger partial charge in [0, 0.05) is 11.6 Å². The van der Waals surface area contributed by atoms with Gasteiger partial charge in [0.2, 0.25) is 15.9 Å². The van der Waals surface area contributed by atoms with E-state index >= 15 is 0 Å². The molecular formula is C27H26N6O5S. The van der Waals surface area contributed by atoms with Crippen LogP contribution in [0.2, 0.25) is 0 Å². The van der Waals surface area contributed by atoms with Gasteiger partial charge in [0.25, 0.3) is 0 Å². The summed E-state index contributed by atoms with van der Waals surface area (Å²) >= 11 is 0. The number of fused-ring (bicyclic) bond motifs is 1. The third-order valence-corrected chi connectivity index (χ3v) is 7.23. The summed E-state index contributed by atoms with van der Waals surface area (Å²) in [6.45, 7) is 2.36. The average molecular weight is 547 g/mol. The van der Waals surface area contributed by atoms with Crippen LogP contribution >= 0.6 is 0 Å². The molecule has 0 aliphatic rings. The first kappa shape index (κ1) is 26.1. The van der Waals surface area contributed by atoms with E-state index in [1.807, 2.05) is 13.0 Å². The number of nitrogens with zero attached hydrogens (tertiary/aromatic N) is 5. The van der Waals surface area contributed by atoms with Gasteiger partial charge in [0.05, 0.1) is 38.3 Å². The summed E-state index contributed by atoms with van der Waals surface area (Å²) in [5, 5.41) is 4.53. The second kappa shape index (κ2) is 10.7. The number of methoxy groups -OCH3 is 2. The number of aromatic nitrogens is 5. The lowest BCUT2D eigenvalue weighted by molar-refractivity contribution is 0.326. The van der Waals surface area contributed by atoms with Crippen LogP contribution in [0.1, 0.15) is 23.3 Å². The fourth-order valence-electron chi connectivity index (χ4n) is 4.45. The fourth-order valence-corrected chi connectivity index (χ4v) is 5.57. The van der Waals surface area contributed by atoms with E-state index in [0.29, 0.717) is 57.9 Å². The van der Waals surface area contributed by atoms with Crippen molar-refractivity contribution in [2.24, 2.45) is 5.14 Å². The van der Waals surface area contributed by atoms with E-state index in [1.54, 1.807) is 71.7 Å². The Labute approximate surface area is 225 Å². The van der Waals surface area contributed by atoms with Crippen molar-refractivity contribution in [2.75, 3.05) is 20.8 Å². The Morgan fingerprint density at radius 2 is 1.64 bits per heavy atom. The predicted octanol–water partition coefficient (Wildman–Crippen LogP) is 3.67. The molecule has 3 aromatic heterocycles. The third kappa shape index (κ3) is 4.99. The van der Waals surface area contributed by atoms with E-state index in [0.717, 1.165) is 0 Å². The molecule has 5 aromatic rings. The van der Waals surface area contributed by atoms with Crippen LogP contribution in [0.3, 0.4) is 0 Å². The van der Waals surface area contributed by atoms with Crippen LogP contribution < -0.4 is 19.3 Å². The van der Waals surface area contributed by atoms with Gasteiger partial charge in [-0.3, -0.25) is 4.57 Å². The first-order chi connectivity index (χ1) is 18.9. The monoisotopic (exact) mass is 546 g/mol. The molecule has 1 unspecified atom stereocenters. The molecule has 0 amide bonds. The standard InChI is InChI=1S/C27H26N6O5S/c1-4-38-23-14-8-13-22(32-23)33-16-30-26-27(33)31-19(15-29-26)17-9-5-6-10-18(17)25(39(28,34)35)24-20(36-2)11-7-12-21(24)37-3/h5-16,25H,4H2,1-3H3,(H2,28,34,35). The lowest BCUT2D eigenvalue weighted by Crippen LogP contribution is -2.24. The van der Waals surface area contributed by atoms with Crippen LogP contribution in [0.15, 0.2) is 73.2 Å². The number of hydrogen-bond donors (Lipinski definition) is 1. The van der Waals surface area contributed by atoms with Gasteiger partial charge in [-0.25, -0.2) is 28.5 Å². The highest BCUT2D eigenvalue weighted by atomic mass is 32.2. The number of hydrogen-bond acceptors (Lipinski definition) is 9. The summed E-state index contributed by atoms with van der Waals surface area (Å²) in [7, 11) is -1.29. The Morgan fingerprint density at radius 3 is 2.33 bits per heavy atom. The van der Waals surface area contributed by atoms with E-state index in [9.17, 15) is 8.42 Å². The molecule has 1 atom stereocenters. The summed E-state index contributed by atoms with van der Waals surface area (Å²) in [4.78, 5) is 18.2. The van der Waals surface area contributed by atoms with Gasteiger partial charge >= 0.3 is 0 Å². The molecule has 39 heavy (non-hydrogen) atoms. The third-order valence-electron chi connectivity index (χ3n) is 6.08. The summed E-state index contributed by atoms with van der Waals surface area (Å²) in [5.41, 5.74) is 2.44. The highest BCUT2D eigenvalue weighted by Gasteiger charge is 2.34. The molecule has 2 aromatic carbocycles. The van der Waals surface area contributed by atoms with E-state index in [1.165, 1.54) is 14.2 Å². The van der Waals surface area contributed by atoms with E-state index in [-0.39, 0.29) is 5.56 Å². The highest BCUT2D eigenvalue weighted by Crippen LogP contribution is 2.43. The van der Waals surface area contributed by atoms with Crippen LogP contribution in [-0.4, -0.2) is 53.7 Å². The maximum Gasteiger partial charge on any atom is 0.220 e. The van der Waals surface area contributed by atoms with E-state index in [4.69, 9.17) is 24.3 Å². The van der Waals surface area contributed by atoms with Crippen molar-refractivity contribution in [3.05, 3.63) is 84.3 Å². The minimum absolute atomic E-state index is 0.286. The van der Waals surface area contributed by atoms with Crippen molar-refractivity contribution in [2.45, 2.75) is 12.2 Å². The van der Waals surface area contributed by atoms with Gasteiger partial charge in [0.15, 0.2) is 11.3 Å². The number of primary sulfonamides is 1. The van der Waals surface area contributed by atoms with Crippen molar-refractivity contribution in [1.82, 2.24) is 24.5 Å². The lowest BCUT2D eigenvalue weighted by Gasteiger charge is -2.23. The molecule has 3 heterocycles. The molecule has 0 radical (unpaired) electrons. The van der Waals surface area contributed by atoms with Crippen LogP contribution in [0.25, 0.3) is 28.4 Å². The number of sulfonamides is 1. The number of rotatable bonds is 9. The first-order valence-corrected chi connectivity index (χ1v) is 13.6. The van der Waals surface area contributed by atoms with Crippen LogP contribution in [0, 0.1) is 0 Å². The second-order valence-corrected chi connectivity index (χ2v) is 10.1. The molecule has 0 aliphatic carbocycles. The summed E-state index contributed by atoms with van der Waals surface area (Å²) < 4.78 is 44.5. The SMILES string of the molecule is CCOc1cccc(-n2cnc3ncc(-c4ccccc4C(c4c(OC)cccc4OC)S(N)(=O)=O)nc32)n1. The molecule has 200 valence electrons. The minimum Gasteiger partial charge on any atom is -0.496 e. The fraction of sp³-hybridized carbons (Fsp3) is 0.185. The first-order valence-electron chi connectivity index (χ1n) is 12.0. The van der Waals surface area contributed by atoms with Gasteiger partial charge in [0.1, 0.15) is 28.9 Å². The summed E-state index contributed by atoms with van der Waals surface area (Å²) in [6, 6.07) is 17.4. The molecule has 0 aliphatic heterocycles. The van der Waals surface area contributed by atoms with Crippen LogP contribution in [0.5, 0.6) is 17.4 Å². The number of imidazole rings is 1. The number of benzene rings is 2. The molecule has 5 rings (SSSR count). The van der Waals surface area contributed by atoms with Crippen LogP contribution in [-0.2, 0) is 10.0 Å². The number of nitrogens with two attached hydrogens (primary N) is 1. The topological polar surface area (TPSA) is 144 Å². The molecular weight excluding hydrogens is 520 g/mol. The zero-order valence-electron chi connectivity index (χ0n) is 21.5. The Kier molecular flexibility index (Phi) is 7.13. The smallest absolute Gasteiger partial charge is 0.220 e. The minimum atomic E-state index is -4.21. The Morgan fingerprint density at radius 1 is 0.923 bits per heavy atom. The highest BCUT2D eigenvalue weighted by molar-refractivity contribution is 7.89. The van der Waals surface area contributed by atoms with Crippen molar-refractivity contribution in [3.63, 3.8) is 0 Å². The molecule has 2 N–H and O–H groups in total. The zero-order chi connectivity index (χ0) is 27.6. The maximum absolute atomic E-state index is 13.1. The number of ether oxygens (including phenoxy) is 3. The Bertz CT molecular complexity index is 1730. The Hall–Kier alpha value is -4.55. The molecule has 0 saturated carbocycles. The van der Waals surface area contributed by atoms with Gasteiger partial charge < -0.3 is 14.2 Å². The van der Waals surface area contributed by atoms with Crippen molar-refractivity contribution in [3.8, 4) is 34.5 Å².